The fourth-order valence-corrected chi connectivity index (χ4v) is 3.62. The minimum atomic E-state index is -0.621. The van der Waals surface area contributed by atoms with Crippen molar-refractivity contribution in [1.29, 1.82) is 0 Å². The first-order chi connectivity index (χ1) is 13.9. The summed E-state index contributed by atoms with van der Waals surface area (Å²) in [5.74, 6) is -0.922. The number of aromatic nitrogens is 2. The lowest BCUT2D eigenvalue weighted by molar-refractivity contribution is -0.127. The normalized spacial score (nSPS) is 13.2. The molecule has 0 unspecified atom stereocenters. The van der Waals surface area contributed by atoms with Gasteiger partial charge < -0.3 is 15.5 Å². The first-order valence-corrected chi connectivity index (χ1v) is 10.1. The van der Waals surface area contributed by atoms with Gasteiger partial charge in [0.2, 0.25) is 11.8 Å². The molecule has 0 saturated carbocycles. The third-order valence-electron chi connectivity index (χ3n) is 4.26. The minimum absolute atomic E-state index is 0.0299. The fraction of sp³-hybridized carbons (Fsp3) is 0.316. The smallest absolute Gasteiger partial charge is 0.277 e. The third kappa shape index (κ3) is 5.44. The highest BCUT2D eigenvalue weighted by molar-refractivity contribution is 7.99. The van der Waals surface area contributed by atoms with Crippen LogP contribution in [0.1, 0.15) is 30.1 Å². The van der Waals surface area contributed by atoms with Gasteiger partial charge >= 0.3 is 0 Å². The molecule has 2 aromatic rings. The average molecular weight is 415 g/mol. The largest absolute Gasteiger partial charge is 0.342 e. The van der Waals surface area contributed by atoms with Gasteiger partial charge in [0, 0.05) is 25.6 Å². The molecule has 3 N–H and O–H groups in total. The Balaban J connectivity index is 1.79. The van der Waals surface area contributed by atoms with Crippen LogP contribution in [0.25, 0.3) is 0 Å². The molecule has 1 aromatic heterocycles. The van der Waals surface area contributed by atoms with Crippen molar-refractivity contribution >= 4 is 41.0 Å². The second kappa shape index (κ2) is 9.37. The zero-order chi connectivity index (χ0) is 20.8. The Morgan fingerprint density at radius 1 is 1.14 bits per heavy atom. The van der Waals surface area contributed by atoms with Crippen molar-refractivity contribution in [1.82, 2.24) is 14.9 Å². The SMILES string of the molecule is CC(=O)Nc1nc(SCC(=O)N2CCCC2)[nH]c(=O)c1NC(=O)c1ccccc1. The van der Waals surface area contributed by atoms with Gasteiger partial charge in [-0.15, -0.1) is 0 Å². The second-order valence-corrected chi connectivity index (χ2v) is 7.44. The molecule has 1 aromatic carbocycles. The molecule has 0 atom stereocenters. The van der Waals surface area contributed by atoms with Crippen molar-refractivity contribution in [2.75, 3.05) is 29.5 Å². The summed E-state index contributed by atoms with van der Waals surface area (Å²) in [7, 11) is 0. The molecule has 1 saturated heterocycles. The number of amides is 3. The molecule has 10 heteroatoms. The lowest BCUT2D eigenvalue weighted by Gasteiger charge is -2.15. The number of thioether (sulfide) groups is 1. The summed E-state index contributed by atoms with van der Waals surface area (Å²) >= 11 is 1.07. The first kappa shape index (κ1) is 20.6. The van der Waals surface area contributed by atoms with Gasteiger partial charge in [-0.1, -0.05) is 30.0 Å². The van der Waals surface area contributed by atoms with Gasteiger partial charge in [-0.25, -0.2) is 4.98 Å². The molecule has 3 amide bonds. The van der Waals surface area contributed by atoms with Gasteiger partial charge in [0.15, 0.2) is 16.7 Å². The molecule has 9 nitrogen and oxygen atoms in total. The number of hydrogen-bond donors (Lipinski definition) is 3. The van der Waals surface area contributed by atoms with E-state index in [-0.39, 0.29) is 28.3 Å². The number of anilines is 2. The Kier molecular flexibility index (Phi) is 6.65. The molecule has 29 heavy (non-hydrogen) atoms. The van der Waals surface area contributed by atoms with Crippen molar-refractivity contribution in [2.45, 2.75) is 24.9 Å². The van der Waals surface area contributed by atoms with Crippen LogP contribution in [0.3, 0.4) is 0 Å². The van der Waals surface area contributed by atoms with Crippen molar-refractivity contribution in [3.8, 4) is 0 Å². The van der Waals surface area contributed by atoms with Crippen molar-refractivity contribution in [3.63, 3.8) is 0 Å². The molecule has 1 fully saturated rings. The van der Waals surface area contributed by atoms with Crippen LogP contribution in [0, 0.1) is 0 Å². The molecule has 2 heterocycles. The number of carbonyl (C=O) groups excluding carboxylic acids is 3. The van der Waals surface area contributed by atoms with Crippen LogP contribution < -0.4 is 16.2 Å². The van der Waals surface area contributed by atoms with Crippen molar-refractivity contribution < 1.29 is 14.4 Å². The molecule has 1 aliphatic rings. The zero-order valence-corrected chi connectivity index (χ0v) is 16.7. The Bertz CT molecular complexity index is 970. The topological polar surface area (TPSA) is 124 Å². The minimum Gasteiger partial charge on any atom is -0.342 e. The Labute approximate surface area is 171 Å². The number of likely N-dealkylation sites (tertiary alicyclic amines) is 1. The number of benzene rings is 1. The van der Waals surface area contributed by atoms with Crippen LogP contribution in [0.4, 0.5) is 11.5 Å². The second-order valence-electron chi connectivity index (χ2n) is 6.47. The number of H-pyrrole nitrogens is 1. The first-order valence-electron chi connectivity index (χ1n) is 9.13. The van der Waals surface area contributed by atoms with E-state index in [0.29, 0.717) is 5.56 Å². The molecule has 0 bridgehead atoms. The average Bonchev–Trinajstić information content (AvgIpc) is 3.24. The maximum atomic E-state index is 12.5. The Morgan fingerprint density at radius 3 is 2.48 bits per heavy atom. The van der Waals surface area contributed by atoms with Gasteiger partial charge in [-0.05, 0) is 25.0 Å². The lowest BCUT2D eigenvalue weighted by atomic mass is 10.2. The van der Waals surface area contributed by atoms with Crippen LogP contribution in [0.2, 0.25) is 0 Å². The van der Waals surface area contributed by atoms with E-state index in [9.17, 15) is 19.2 Å². The van der Waals surface area contributed by atoms with E-state index < -0.39 is 17.4 Å². The molecule has 152 valence electrons. The van der Waals surface area contributed by atoms with E-state index in [1.165, 1.54) is 6.92 Å². The molecular formula is C19H21N5O4S. The monoisotopic (exact) mass is 415 g/mol. The Morgan fingerprint density at radius 2 is 1.83 bits per heavy atom. The predicted octanol–water partition coefficient (Wildman–Crippen LogP) is 1.70. The van der Waals surface area contributed by atoms with Crippen molar-refractivity contribution in [2.24, 2.45) is 0 Å². The van der Waals surface area contributed by atoms with E-state index >= 15 is 0 Å². The highest BCUT2D eigenvalue weighted by Gasteiger charge is 2.20. The molecule has 3 rings (SSSR count). The van der Waals surface area contributed by atoms with E-state index in [4.69, 9.17) is 0 Å². The van der Waals surface area contributed by atoms with E-state index in [0.717, 1.165) is 37.7 Å². The van der Waals surface area contributed by atoms with Gasteiger partial charge in [-0.3, -0.25) is 24.2 Å². The summed E-state index contributed by atoms with van der Waals surface area (Å²) < 4.78 is 0. The van der Waals surface area contributed by atoms with E-state index in [1.807, 2.05) is 0 Å². The number of nitrogens with zero attached hydrogens (tertiary/aromatic N) is 2. The summed E-state index contributed by atoms with van der Waals surface area (Å²) in [6.45, 7) is 2.76. The highest BCUT2D eigenvalue weighted by Crippen LogP contribution is 2.21. The maximum Gasteiger partial charge on any atom is 0.277 e. The van der Waals surface area contributed by atoms with Crippen LogP contribution in [0.5, 0.6) is 0 Å². The predicted molar refractivity (Wildman–Crippen MR) is 110 cm³/mol. The van der Waals surface area contributed by atoms with Crippen molar-refractivity contribution in [3.05, 3.63) is 46.2 Å². The van der Waals surface area contributed by atoms with E-state index in [2.05, 4.69) is 20.6 Å². The molecule has 0 spiro atoms. The van der Waals surface area contributed by atoms with Crippen LogP contribution in [-0.2, 0) is 9.59 Å². The molecule has 0 aliphatic carbocycles. The molecule has 1 aliphatic heterocycles. The summed E-state index contributed by atoms with van der Waals surface area (Å²) in [6, 6.07) is 8.36. The fourth-order valence-electron chi connectivity index (χ4n) is 2.86. The maximum absolute atomic E-state index is 12.5. The number of hydrogen-bond acceptors (Lipinski definition) is 6. The lowest BCUT2D eigenvalue weighted by Crippen LogP contribution is -2.29. The van der Waals surface area contributed by atoms with Crippen LogP contribution in [0.15, 0.2) is 40.3 Å². The third-order valence-corrected chi connectivity index (χ3v) is 5.12. The van der Waals surface area contributed by atoms with Gasteiger partial charge in [0.05, 0.1) is 5.75 Å². The molecule has 0 radical (unpaired) electrons. The number of aromatic amines is 1. The molecular weight excluding hydrogens is 394 g/mol. The van der Waals surface area contributed by atoms with Gasteiger partial charge in [0.25, 0.3) is 11.5 Å². The summed E-state index contributed by atoms with van der Waals surface area (Å²) in [6.07, 6.45) is 1.99. The number of nitrogens with one attached hydrogen (secondary N) is 3. The number of rotatable bonds is 6. The zero-order valence-electron chi connectivity index (χ0n) is 15.9. The van der Waals surface area contributed by atoms with Crippen LogP contribution in [-0.4, -0.2) is 51.4 Å². The summed E-state index contributed by atoms with van der Waals surface area (Å²) in [5, 5.41) is 5.14. The van der Waals surface area contributed by atoms with E-state index in [1.54, 1.807) is 35.2 Å². The van der Waals surface area contributed by atoms with Gasteiger partial charge in [0.1, 0.15) is 0 Å². The quantitative estimate of drug-likeness (QED) is 0.487. The van der Waals surface area contributed by atoms with Crippen LogP contribution >= 0.6 is 11.8 Å². The summed E-state index contributed by atoms with van der Waals surface area (Å²) in [4.78, 5) is 57.2. The summed E-state index contributed by atoms with van der Waals surface area (Å²) in [5.41, 5.74) is -0.427. The highest BCUT2D eigenvalue weighted by atomic mass is 32.2. The van der Waals surface area contributed by atoms with Gasteiger partial charge in [-0.2, -0.15) is 0 Å². The Hall–Kier alpha value is -3.14. The standard InChI is InChI=1S/C19H21N5O4S/c1-12(25)20-16-15(21-17(27)13-7-3-2-4-8-13)18(28)23-19(22-16)29-11-14(26)24-9-5-6-10-24/h2-4,7-8H,5-6,9-11H2,1H3,(H,21,27)(H2,20,22,23,25,28). The number of carbonyl (C=O) groups is 3.